The number of fused-ring (bicyclic) bond motifs is 1. The summed E-state index contributed by atoms with van der Waals surface area (Å²) in [5.74, 6) is -0.0391. The third-order valence-corrected chi connectivity index (χ3v) is 5.43. The molecule has 0 saturated carbocycles. The number of rotatable bonds is 3. The van der Waals surface area contributed by atoms with Crippen LogP contribution in [0.5, 0.6) is 0 Å². The van der Waals surface area contributed by atoms with Crippen LogP contribution in [-0.4, -0.2) is 52.6 Å². The van der Waals surface area contributed by atoms with Gasteiger partial charge in [-0.3, -0.25) is 14.6 Å². The van der Waals surface area contributed by atoms with Crippen molar-refractivity contribution in [3.63, 3.8) is 0 Å². The summed E-state index contributed by atoms with van der Waals surface area (Å²) in [5.41, 5.74) is 1.46. The molecule has 29 heavy (non-hydrogen) atoms. The molecule has 0 aliphatic carbocycles. The van der Waals surface area contributed by atoms with Crippen LogP contribution >= 0.6 is 0 Å². The lowest BCUT2D eigenvalue weighted by Crippen LogP contribution is -2.47. The van der Waals surface area contributed by atoms with Crippen molar-refractivity contribution >= 4 is 11.9 Å². The summed E-state index contributed by atoms with van der Waals surface area (Å²) in [6.45, 7) is 5.94. The smallest absolute Gasteiger partial charge is 0.255 e. The quantitative estimate of drug-likeness (QED) is 0.848. The Hall–Kier alpha value is -2.74. The maximum Gasteiger partial charge on any atom is 0.255 e. The van der Waals surface area contributed by atoms with Crippen LogP contribution in [0.25, 0.3) is 0 Å². The number of hydrogen-bond donors (Lipinski definition) is 1. The molecule has 2 aliphatic heterocycles. The average Bonchev–Trinajstić information content (AvgIpc) is 2.68. The fourth-order valence-corrected chi connectivity index (χ4v) is 4.06. The maximum atomic E-state index is 13.9. The van der Waals surface area contributed by atoms with Crippen molar-refractivity contribution in [2.45, 2.75) is 45.4 Å². The molecule has 1 aromatic heterocycles. The predicted octanol–water partition coefficient (Wildman–Crippen LogP) is 1.65. The van der Waals surface area contributed by atoms with E-state index in [9.17, 15) is 14.0 Å². The molecule has 1 fully saturated rings. The fraction of sp³-hybridized carbons (Fsp3) is 0.476. The van der Waals surface area contributed by atoms with Gasteiger partial charge in [-0.15, -0.1) is 0 Å². The number of hydrogen-bond acceptors (Lipinski definition) is 5. The molecule has 8 heteroatoms. The van der Waals surface area contributed by atoms with E-state index in [0.717, 1.165) is 0 Å². The van der Waals surface area contributed by atoms with Gasteiger partial charge in [-0.2, -0.15) is 0 Å². The number of H-pyrrole nitrogens is 1. The Kier molecular flexibility index (Phi) is 5.36. The van der Waals surface area contributed by atoms with Gasteiger partial charge in [-0.05, 0) is 31.9 Å². The number of anilines is 1. The van der Waals surface area contributed by atoms with Crippen molar-refractivity contribution in [2.75, 3.05) is 24.5 Å². The molecule has 0 radical (unpaired) electrons. The van der Waals surface area contributed by atoms with Gasteiger partial charge in [0.25, 0.3) is 5.56 Å². The van der Waals surface area contributed by atoms with E-state index in [2.05, 4.69) is 9.97 Å². The zero-order chi connectivity index (χ0) is 20.5. The maximum absolute atomic E-state index is 13.9. The first kappa shape index (κ1) is 19.6. The first-order valence-corrected chi connectivity index (χ1v) is 9.94. The molecule has 7 nitrogen and oxygen atoms in total. The molecule has 2 aromatic rings. The average molecular weight is 400 g/mol. The SMILES string of the molecule is C[C@@H]1CN(c2nc3c(c(=O)[nH]2)CCN(C(=O)Cc2ccccc2F)C3)C[C@@H](C)O1. The molecule has 0 unspecified atom stereocenters. The Bertz CT molecular complexity index is 967. The van der Waals surface area contributed by atoms with Gasteiger partial charge in [-0.25, -0.2) is 9.37 Å². The second kappa shape index (κ2) is 7.94. The topological polar surface area (TPSA) is 78.5 Å². The molecular formula is C21H25FN4O3. The zero-order valence-electron chi connectivity index (χ0n) is 16.7. The van der Waals surface area contributed by atoms with E-state index < -0.39 is 0 Å². The third kappa shape index (κ3) is 4.17. The summed E-state index contributed by atoms with van der Waals surface area (Å²) < 4.78 is 19.6. The first-order valence-electron chi connectivity index (χ1n) is 9.94. The Labute approximate surface area is 168 Å². The molecule has 3 heterocycles. The number of carbonyl (C=O) groups excluding carboxylic acids is 1. The van der Waals surface area contributed by atoms with Crippen LogP contribution in [0.4, 0.5) is 10.3 Å². The second-order valence-corrected chi connectivity index (χ2v) is 7.81. The number of amides is 1. The van der Waals surface area contributed by atoms with E-state index in [4.69, 9.17) is 4.74 Å². The van der Waals surface area contributed by atoms with E-state index in [1.54, 1.807) is 23.1 Å². The van der Waals surface area contributed by atoms with Crippen LogP contribution in [0.1, 0.15) is 30.7 Å². The summed E-state index contributed by atoms with van der Waals surface area (Å²) in [7, 11) is 0. The van der Waals surface area contributed by atoms with Crippen LogP contribution in [-0.2, 0) is 28.9 Å². The summed E-state index contributed by atoms with van der Waals surface area (Å²) >= 11 is 0. The number of carbonyl (C=O) groups is 1. The summed E-state index contributed by atoms with van der Waals surface area (Å²) in [6.07, 6.45) is 0.519. The van der Waals surface area contributed by atoms with Gasteiger partial charge >= 0.3 is 0 Å². The van der Waals surface area contributed by atoms with E-state index in [1.807, 2.05) is 18.7 Å². The highest BCUT2D eigenvalue weighted by Crippen LogP contribution is 2.20. The number of benzene rings is 1. The molecular weight excluding hydrogens is 375 g/mol. The molecule has 1 amide bonds. The van der Waals surface area contributed by atoms with E-state index in [0.29, 0.717) is 48.8 Å². The van der Waals surface area contributed by atoms with Gasteiger partial charge < -0.3 is 14.5 Å². The Morgan fingerprint density at radius 1 is 1.28 bits per heavy atom. The van der Waals surface area contributed by atoms with Gasteiger partial charge in [-0.1, -0.05) is 18.2 Å². The van der Waals surface area contributed by atoms with Crippen molar-refractivity contribution in [1.29, 1.82) is 0 Å². The molecule has 2 aliphatic rings. The zero-order valence-corrected chi connectivity index (χ0v) is 16.7. The normalized spacial score (nSPS) is 21.8. The second-order valence-electron chi connectivity index (χ2n) is 7.81. The molecule has 1 N–H and O–H groups in total. The summed E-state index contributed by atoms with van der Waals surface area (Å²) in [4.78, 5) is 36.5. The van der Waals surface area contributed by atoms with Crippen LogP contribution < -0.4 is 10.5 Å². The lowest BCUT2D eigenvalue weighted by molar-refractivity contribution is -0.131. The Morgan fingerprint density at radius 2 is 2.00 bits per heavy atom. The third-order valence-electron chi connectivity index (χ3n) is 5.43. The number of aromatic amines is 1. The van der Waals surface area contributed by atoms with Crippen LogP contribution in [0, 0.1) is 5.82 Å². The van der Waals surface area contributed by atoms with Crippen molar-refractivity contribution in [1.82, 2.24) is 14.9 Å². The predicted molar refractivity (Wildman–Crippen MR) is 106 cm³/mol. The van der Waals surface area contributed by atoms with E-state index >= 15 is 0 Å². The highest BCUT2D eigenvalue weighted by atomic mass is 19.1. The van der Waals surface area contributed by atoms with Crippen molar-refractivity contribution in [2.24, 2.45) is 0 Å². The molecule has 2 atom stereocenters. The van der Waals surface area contributed by atoms with Gasteiger partial charge in [0.1, 0.15) is 5.82 Å². The molecule has 0 spiro atoms. The number of morpholine rings is 1. The highest BCUT2D eigenvalue weighted by molar-refractivity contribution is 5.79. The van der Waals surface area contributed by atoms with Gasteiger partial charge in [0.05, 0.1) is 30.9 Å². The number of ether oxygens (including phenoxy) is 1. The molecule has 4 rings (SSSR count). The Morgan fingerprint density at radius 3 is 2.72 bits per heavy atom. The molecule has 154 valence electrons. The Balaban J connectivity index is 1.54. The van der Waals surface area contributed by atoms with Crippen LogP contribution in [0.3, 0.4) is 0 Å². The van der Waals surface area contributed by atoms with Gasteiger partial charge in [0.2, 0.25) is 11.9 Å². The van der Waals surface area contributed by atoms with Crippen LogP contribution in [0.15, 0.2) is 29.1 Å². The van der Waals surface area contributed by atoms with E-state index in [-0.39, 0.29) is 42.5 Å². The lowest BCUT2D eigenvalue weighted by atomic mass is 10.0. The minimum atomic E-state index is -0.384. The van der Waals surface area contributed by atoms with Crippen molar-refractivity contribution in [3.05, 3.63) is 57.3 Å². The minimum Gasteiger partial charge on any atom is -0.372 e. The summed E-state index contributed by atoms with van der Waals surface area (Å²) in [5, 5.41) is 0. The number of halogens is 1. The largest absolute Gasteiger partial charge is 0.372 e. The van der Waals surface area contributed by atoms with Gasteiger partial charge in [0.15, 0.2) is 0 Å². The van der Waals surface area contributed by atoms with Gasteiger partial charge in [0, 0.05) is 25.2 Å². The molecule has 1 saturated heterocycles. The number of nitrogens with zero attached hydrogens (tertiary/aromatic N) is 3. The standard InChI is InChI=1S/C21H25FN4O3/c1-13-10-26(11-14(2)29-13)21-23-18-12-25(8-7-16(18)20(28)24-21)19(27)9-15-5-3-4-6-17(15)22/h3-6,13-14H,7-12H2,1-2H3,(H,23,24,28)/t13-,14-/m1/s1. The van der Waals surface area contributed by atoms with Crippen molar-refractivity contribution < 1.29 is 13.9 Å². The molecule has 1 aromatic carbocycles. The van der Waals surface area contributed by atoms with Crippen molar-refractivity contribution in [3.8, 4) is 0 Å². The number of nitrogens with one attached hydrogen (secondary N) is 1. The first-order chi connectivity index (χ1) is 13.9. The van der Waals surface area contributed by atoms with E-state index in [1.165, 1.54) is 6.07 Å². The monoisotopic (exact) mass is 400 g/mol. The highest BCUT2D eigenvalue weighted by Gasteiger charge is 2.28. The molecule has 0 bridgehead atoms. The summed E-state index contributed by atoms with van der Waals surface area (Å²) in [6, 6.07) is 6.29. The number of aromatic nitrogens is 2. The lowest BCUT2D eigenvalue weighted by Gasteiger charge is -2.36. The fourth-order valence-electron chi connectivity index (χ4n) is 4.06. The van der Waals surface area contributed by atoms with Crippen LogP contribution in [0.2, 0.25) is 0 Å². The minimum absolute atomic E-state index is 0.00342.